The minimum Gasteiger partial charge on any atom is -0.325 e. The van der Waals surface area contributed by atoms with Crippen LogP contribution < -0.4 is 0 Å². The number of fused-ring (bicyclic) bond motifs is 2. The van der Waals surface area contributed by atoms with E-state index in [4.69, 9.17) is 4.98 Å². The van der Waals surface area contributed by atoms with Gasteiger partial charge in [-0.3, -0.25) is 0 Å². The highest BCUT2D eigenvalue weighted by Gasteiger charge is 2.15. The van der Waals surface area contributed by atoms with Crippen molar-refractivity contribution in [3.8, 4) is 11.4 Å². The molecule has 0 radical (unpaired) electrons. The molecular weight excluding hydrogens is 338 g/mol. The van der Waals surface area contributed by atoms with E-state index in [1.54, 1.807) is 6.20 Å². The molecule has 0 aliphatic heterocycles. The number of imidazole rings is 2. The maximum Gasteiger partial charge on any atom is 0.166 e. The molecule has 7 heteroatoms. The van der Waals surface area contributed by atoms with Crippen LogP contribution in [-0.2, 0) is 6.54 Å². The first-order chi connectivity index (χ1) is 13.1. The number of hydrogen-bond acceptors (Lipinski definition) is 4. The minimum absolute atomic E-state index is 0.637. The highest BCUT2D eigenvalue weighted by atomic mass is 15.3. The maximum absolute atomic E-state index is 4.72. The molecule has 0 aliphatic rings. The van der Waals surface area contributed by atoms with Gasteiger partial charge in [-0.05, 0) is 38.5 Å². The van der Waals surface area contributed by atoms with Crippen LogP contribution in [0.2, 0.25) is 0 Å². The molecule has 5 aromatic heterocycles. The molecule has 0 saturated carbocycles. The largest absolute Gasteiger partial charge is 0.325 e. The monoisotopic (exact) mass is 357 g/mol. The molecule has 27 heavy (non-hydrogen) atoms. The van der Waals surface area contributed by atoms with Crippen molar-refractivity contribution >= 4 is 11.3 Å². The topological polar surface area (TPSA) is 65.3 Å². The Labute approximate surface area is 156 Å². The lowest BCUT2D eigenvalue weighted by atomic mass is 10.3. The molecule has 0 N–H and O–H groups in total. The molecule has 7 nitrogen and oxygen atoms in total. The van der Waals surface area contributed by atoms with Crippen LogP contribution >= 0.6 is 0 Å². The summed E-state index contributed by atoms with van der Waals surface area (Å²) in [5.74, 6) is 0.843. The Hall–Kier alpha value is -3.48. The first-order valence-corrected chi connectivity index (χ1v) is 8.86. The van der Waals surface area contributed by atoms with Crippen molar-refractivity contribution in [3.05, 3.63) is 71.8 Å². The van der Waals surface area contributed by atoms with E-state index in [1.165, 1.54) is 5.56 Å². The third-order valence-electron chi connectivity index (χ3n) is 4.72. The number of nitrogens with zero attached hydrogens (tertiary/aromatic N) is 7. The summed E-state index contributed by atoms with van der Waals surface area (Å²) in [7, 11) is 0. The van der Waals surface area contributed by atoms with Crippen LogP contribution in [-0.4, -0.2) is 33.5 Å². The smallest absolute Gasteiger partial charge is 0.166 e. The standard InChI is InChI=1S/C20H19N7/c1-13-4-5-18-24-16(12-26(18)10-13)11-25-7-6-21-19(25)17-9-22-27-15(3)8-14(2)23-20(17)27/h4-10,12H,11H2,1-3H3. The third kappa shape index (κ3) is 2.59. The second-order valence-electron chi connectivity index (χ2n) is 6.92. The lowest BCUT2D eigenvalue weighted by Gasteiger charge is -2.06. The molecule has 0 unspecified atom stereocenters. The van der Waals surface area contributed by atoms with Gasteiger partial charge in [0.2, 0.25) is 0 Å². The van der Waals surface area contributed by atoms with Gasteiger partial charge in [0.1, 0.15) is 11.5 Å². The Morgan fingerprint density at radius 3 is 2.81 bits per heavy atom. The van der Waals surface area contributed by atoms with Gasteiger partial charge in [0.25, 0.3) is 0 Å². The molecule has 0 amide bonds. The van der Waals surface area contributed by atoms with Crippen LogP contribution in [0.3, 0.4) is 0 Å². The molecule has 5 heterocycles. The maximum atomic E-state index is 4.72. The molecular formula is C20H19N7. The Balaban J connectivity index is 1.58. The van der Waals surface area contributed by atoms with Gasteiger partial charge in [-0.15, -0.1) is 0 Å². The van der Waals surface area contributed by atoms with Crippen LogP contribution in [0, 0.1) is 20.8 Å². The van der Waals surface area contributed by atoms with Gasteiger partial charge in [0.05, 0.1) is 24.0 Å². The van der Waals surface area contributed by atoms with Crippen LogP contribution in [0.15, 0.2) is 49.2 Å². The fourth-order valence-corrected chi connectivity index (χ4v) is 3.52. The van der Waals surface area contributed by atoms with E-state index in [0.29, 0.717) is 6.54 Å². The zero-order valence-electron chi connectivity index (χ0n) is 15.5. The van der Waals surface area contributed by atoms with Gasteiger partial charge < -0.3 is 8.97 Å². The summed E-state index contributed by atoms with van der Waals surface area (Å²) < 4.78 is 6.00. The average molecular weight is 357 g/mol. The van der Waals surface area contributed by atoms with E-state index in [-0.39, 0.29) is 0 Å². The van der Waals surface area contributed by atoms with Crippen molar-refractivity contribution in [1.82, 2.24) is 33.5 Å². The SMILES string of the molecule is Cc1ccc2nc(Cn3ccnc3-c3cnn4c(C)cc(C)nc34)cn2c1. The summed E-state index contributed by atoms with van der Waals surface area (Å²) in [6.07, 6.45) is 9.76. The molecule has 0 aromatic carbocycles. The van der Waals surface area contributed by atoms with Crippen molar-refractivity contribution in [2.24, 2.45) is 0 Å². The fraction of sp³-hybridized carbons (Fsp3) is 0.200. The third-order valence-corrected chi connectivity index (χ3v) is 4.72. The Bertz CT molecular complexity index is 1290. The highest BCUT2D eigenvalue weighted by molar-refractivity contribution is 5.72. The molecule has 0 bridgehead atoms. The highest BCUT2D eigenvalue weighted by Crippen LogP contribution is 2.23. The molecule has 0 saturated heterocycles. The summed E-state index contributed by atoms with van der Waals surface area (Å²) in [4.78, 5) is 14.0. The van der Waals surface area contributed by atoms with Crippen molar-refractivity contribution in [2.45, 2.75) is 27.3 Å². The van der Waals surface area contributed by atoms with Gasteiger partial charge in [0.15, 0.2) is 5.65 Å². The van der Waals surface area contributed by atoms with Crippen molar-refractivity contribution in [1.29, 1.82) is 0 Å². The zero-order chi connectivity index (χ0) is 18.5. The first kappa shape index (κ1) is 15.7. The second kappa shape index (κ2) is 5.77. The van der Waals surface area contributed by atoms with Gasteiger partial charge >= 0.3 is 0 Å². The van der Waals surface area contributed by atoms with Crippen molar-refractivity contribution < 1.29 is 0 Å². The van der Waals surface area contributed by atoms with Gasteiger partial charge in [-0.25, -0.2) is 19.5 Å². The summed E-state index contributed by atoms with van der Waals surface area (Å²) in [5.41, 5.74) is 6.90. The summed E-state index contributed by atoms with van der Waals surface area (Å²) in [5, 5.41) is 4.49. The predicted molar refractivity (Wildman–Crippen MR) is 103 cm³/mol. The molecule has 0 aliphatic carbocycles. The molecule has 0 atom stereocenters. The molecule has 5 rings (SSSR count). The zero-order valence-corrected chi connectivity index (χ0v) is 15.5. The van der Waals surface area contributed by atoms with Crippen molar-refractivity contribution in [3.63, 3.8) is 0 Å². The second-order valence-corrected chi connectivity index (χ2v) is 6.92. The number of hydrogen-bond donors (Lipinski definition) is 0. The van der Waals surface area contributed by atoms with Gasteiger partial charge in [-0.2, -0.15) is 5.10 Å². The molecule has 134 valence electrons. The summed E-state index contributed by atoms with van der Waals surface area (Å²) >= 11 is 0. The molecule has 0 fully saturated rings. The first-order valence-electron chi connectivity index (χ1n) is 8.86. The van der Waals surface area contributed by atoms with Gasteiger partial charge in [-0.1, -0.05) is 6.07 Å². The lowest BCUT2D eigenvalue weighted by molar-refractivity contribution is 0.788. The van der Waals surface area contributed by atoms with E-state index in [2.05, 4.69) is 49.4 Å². The van der Waals surface area contributed by atoms with Crippen molar-refractivity contribution in [2.75, 3.05) is 0 Å². The number of pyridine rings is 1. The lowest BCUT2D eigenvalue weighted by Crippen LogP contribution is -2.02. The Morgan fingerprint density at radius 1 is 1.04 bits per heavy atom. The van der Waals surface area contributed by atoms with E-state index in [0.717, 1.165) is 39.8 Å². The fourth-order valence-electron chi connectivity index (χ4n) is 3.52. The van der Waals surface area contributed by atoms with Crippen LogP contribution in [0.5, 0.6) is 0 Å². The average Bonchev–Trinajstić information content (AvgIpc) is 3.32. The van der Waals surface area contributed by atoms with E-state index >= 15 is 0 Å². The van der Waals surface area contributed by atoms with Crippen LogP contribution in [0.1, 0.15) is 22.6 Å². The predicted octanol–water partition coefficient (Wildman–Crippen LogP) is 3.21. The number of aromatic nitrogens is 7. The Kier molecular flexibility index (Phi) is 3.36. The van der Waals surface area contributed by atoms with E-state index in [9.17, 15) is 0 Å². The Morgan fingerprint density at radius 2 is 1.93 bits per heavy atom. The van der Waals surface area contributed by atoms with Crippen LogP contribution in [0.25, 0.3) is 22.7 Å². The van der Waals surface area contributed by atoms with E-state index < -0.39 is 0 Å². The molecule has 5 aromatic rings. The number of aryl methyl sites for hydroxylation is 3. The van der Waals surface area contributed by atoms with E-state index in [1.807, 2.05) is 42.9 Å². The number of rotatable bonds is 3. The van der Waals surface area contributed by atoms with Crippen LogP contribution in [0.4, 0.5) is 0 Å². The normalized spacial score (nSPS) is 11.7. The van der Waals surface area contributed by atoms with Gasteiger partial charge in [0, 0.05) is 36.2 Å². The summed E-state index contributed by atoms with van der Waals surface area (Å²) in [6, 6.07) is 6.13. The quantitative estimate of drug-likeness (QED) is 0.497. The minimum atomic E-state index is 0.637. The summed E-state index contributed by atoms with van der Waals surface area (Å²) in [6.45, 7) is 6.74. The molecule has 0 spiro atoms.